The van der Waals surface area contributed by atoms with Gasteiger partial charge in [0.15, 0.2) is 0 Å². The van der Waals surface area contributed by atoms with Gasteiger partial charge in [-0.1, -0.05) is 6.92 Å². The summed E-state index contributed by atoms with van der Waals surface area (Å²) in [4.78, 5) is 0. The second-order valence-corrected chi connectivity index (χ2v) is 4.04. The quantitative estimate of drug-likeness (QED) is 0.723. The first-order chi connectivity index (χ1) is 6.77. The largest absolute Gasteiger partial charge is 0.398 e. The number of hydrogen-bond acceptors (Lipinski definition) is 3. The highest BCUT2D eigenvalue weighted by Gasteiger charge is 2.10. The molecule has 0 atom stereocenters. The zero-order valence-corrected chi connectivity index (χ0v) is 8.69. The molecule has 3 heteroatoms. The van der Waals surface area contributed by atoms with E-state index in [0.717, 1.165) is 33.3 Å². The summed E-state index contributed by atoms with van der Waals surface area (Å²) in [5, 5.41) is 12.2. The van der Waals surface area contributed by atoms with Crippen molar-refractivity contribution in [2.24, 2.45) is 0 Å². The van der Waals surface area contributed by atoms with E-state index in [0.29, 0.717) is 0 Å². The van der Waals surface area contributed by atoms with Crippen molar-refractivity contribution in [2.45, 2.75) is 13.3 Å². The van der Waals surface area contributed by atoms with Gasteiger partial charge in [-0.3, -0.25) is 0 Å². The van der Waals surface area contributed by atoms with E-state index in [2.05, 4.69) is 6.07 Å². The summed E-state index contributed by atoms with van der Waals surface area (Å²) >= 11 is 1.60. The lowest BCUT2D eigenvalue weighted by atomic mass is 10.0. The van der Waals surface area contributed by atoms with Gasteiger partial charge in [0, 0.05) is 5.69 Å². The molecule has 1 heterocycles. The average Bonchev–Trinajstić information content (AvgIpc) is 2.62. The first-order valence-corrected chi connectivity index (χ1v) is 5.34. The van der Waals surface area contributed by atoms with Gasteiger partial charge in [-0.2, -0.15) is 5.26 Å². The summed E-state index contributed by atoms with van der Waals surface area (Å²) in [6.07, 6.45) is 0.808. The van der Waals surface area contributed by atoms with Crippen LogP contribution in [-0.2, 0) is 6.42 Å². The van der Waals surface area contributed by atoms with Crippen LogP contribution in [0.15, 0.2) is 17.5 Å². The third-order valence-electron chi connectivity index (χ3n) is 2.35. The maximum absolute atomic E-state index is 9.09. The van der Waals surface area contributed by atoms with Gasteiger partial charge in [0.25, 0.3) is 0 Å². The molecule has 0 spiro atoms. The Bertz CT molecular complexity index is 520. The van der Waals surface area contributed by atoms with E-state index in [1.54, 1.807) is 11.3 Å². The van der Waals surface area contributed by atoms with Crippen molar-refractivity contribution in [2.75, 3.05) is 5.73 Å². The van der Waals surface area contributed by atoms with E-state index >= 15 is 0 Å². The molecule has 1 aromatic heterocycles. The van der Waals surface area contributed by atoms with E-state index in [4.69, 9.17) is 11.0 Å². The van der Waals surface area contributed by atoms with E-state index < -0.39 is 0 Å². The standard InChI is InChI=1S/C11H10N2S/c1-2-8-9(6-12)11-7(3-4-14-11)5-10(8)13/h3-5H,2,13H2,1H3. The lowest BCUT2D eigenvalue weighted by Crippen LogP contribution is -1.96. The van der Waals surface area contributed by atoms with Gasteiger partial charge in [0.05, 0.1) is 10.3 Å². The number of thiophene rings is 1. The molecule has 0 bridgehead atoms. The van der Waals surface area contributed by atoms with Crippen LogP contribution in [0.4, 0.5) is 5.69 Å². The van der Waals surface area contributed by atoms with Gasteiger partial charge < -0.3 is 5.73 Å². The molecule has 0 unspecified atom stereocenters. The molecule has 0 saturated carbocycles. The highest BCUT2D eigenvalue weighted by Crippen LogP contribution is 2.31. The van der Waals surface area contributed by atoms with Crippen LogP contribution in [0, 0.1) is 11.3 Å². The minimum absolute atomic E-state index is 0.731. The molecule has 0 aliphatic carbocycles. The number of rotatable bonds is 1. The van der Waals surface area contributed by atoms with Crippen LogP contribution in [-0.4, -0.2) is 0 Å². The fourth-order valence-electron chi connectivity index (χ4n) is 1.67. The lowest BCUT2D eigenvalue weighted by Gasteiger charge is -2.05. The third kappa shape index (κ3) is 1.16. The van der Waals surface area contributed by atoms with Gasteiger partial charge in [-0.25, -0.2) is 0 Å². The number of fused-ring (bicyclic) bond motifs is 1. The first kappa shape index (κ1) is 9.04. The van der Waals surface area contributed by atoms with Gasteiger partial charge in [0.1, 0.15) is 6.07 Å². The summed E-state index contributed by atoms with van der Waals surface area (Å²) in [6.45, 7) is 2.02. The van der Waals surface area contributed by atoms with Crippen molar-refractivity contribution in [1.29, 1.82) is 5.26 Å². The van der Waals surface area contributed by atoms with Crippen molar-refractivity contribution < 1.29 is 0 Å². The Hall–Kier alpha value is -1.53. The van der Waals surface area contributed by atoms with Crippen molar-refractivity contribution >= 4 is 27.1 Å². The zero-order valence-electron chi connectivity index (χ0n) is 7.87. The highest BCUT2D eigenvalue weighted by atomic mass is 32.1. The Kier molecular flexibility index (Phi) is 2.14. The minimum Gasteiger partial charge on any atom is -0.398 e. The van der Waals surface area contributed by atoms with Crippen molar-refractivity contribution in [1.82, 2.24) is 0 Å². The second-order valence-electron chi connectivity index (χ2n) is 3.12. The summed E-state index contributed by atoms with van der Waals surface area (Å²) in [7, 11) is 0. The Morgan fingerprint density at radius 2 is 2.36 bits per heavy atom. The van der Waals surface area contributed by atoms with E-state index in [-0.39, 0.29) is 0 Å². The van der Waals surface area contributed by atoms with Crippen LogP contribution in [0.25, 0.3) is 10.1 Å². The molecule has 0 aliphatic rings. The maximum atomic E-state index is 9.09. The molecule has 2 aromatic rings. The average molecular weight is 202 g/mol. The summed E-state index contributed by atoms with van der Waals surface area (Å²) in [6, 6.07) is 6.19. The number of nitrogens with zero attached hydrogens (tertiary/aromatic N) is 1. The maximum Gasteiger partial charge on any atom is 0.101 e. The molecule has 70 valence electrons. The monoisotopic (exact) mass is 202 g/mol. The molecule has 1 aromatic carbocycles. The Morgan fingerprint density at radius 3 is 3.00 bits per heavy atom. The molecule has 0 saturated heterocycles. The molecule has 2 N–H and O–H groups in total. The Morgan fingerprint density at radius 1 is 1.57 bits per heavy atom. The van der Waals surface area contributed by atoms with Gasteiger partial charge in [0.2, 0.25) is 0 Å². The van der Waals surface area contributed by atoms with Crippen LogP contribution in [0.1, 0.15) is 18.1 Å². The molecule has 0 radical (unpaired) electrons. The predicted molar refractivity (Wildman–Crippen MR) is 60.3 cm³/mol. The molecule has 14 heavy (non-hydrogen) atoms. The first-order valence-electron chi connectivity index (χ1n) is 4.46. The summed E-state index contributed by atoms with van der Waals surface area (Å²) in [5.41, 5.74) is 8.34. The number of nitrogens with two attached hydrogens (primary N) is 1. The summed E-state index contributed by atoms with van der Waals surface area (Å²) < 4.78 is 1.05. The smallest absolute Gasteiger partial charge is 0.101 e. The Balaban J connectivity index is 2.91. The van der Waals surface area contributed by atoms with Crippen LogP contribution in [0.2, 0.25) is 0 Å². The highest BCUT2D eigenvalue weighted by molar-refractivity contribution is 7.17. The van der Waals surface area contributed by atoms with Crippen LogP contribution in [0.5, 0.6) is 0 Å². The third-order valence-corrected chi connectivity index (χ3v) is 3.30. The van der Waals surface area contributed by atoms with Crippen LogP contribution in [0.3, 0.4) is 0 Å². The number of nitrogen functional groups attached to an aromatic ring is 1. The van der Waals surface area contributed by atoms with Gasteiger partial charge in [-0.15, -0.1) is 11.3 Å². The molecular weight excluding hydrogens is 192 g/mol. The number of benzene rings is 1. The zero-order chi connectivity index (χ0) is 10.1. The van der Waals surface area contributed by atoms with Gasteiger partial charge >= 0.3 is 0 Å². The van der Waals surface area contributed by atoms with Crippen LogP contribution < -0.4 is 5.73 Å². The van der Waals surface area contributed by atoms with Crippen molar-refractivity contribution in [3.63, 3.8) is 0 Å². The SMILES string of the molecule is CCc1c(N)cc2ccsc2c1C#N. The number of hydrogen-bond donors (Lipinski definition) is 1. The van der Waals surface area contributed by atoms with Gasteiger partial charge in [-0.05, 0) is 34.9 Å². The predicted octanol–water partition coefficient (Wildman–Crippen LogP) is 2.92. The Labute approximate surface area is 86.6 Å². The van der Waals surface area contributed by atoms with E-state index in [1.165, 1.54) is 0 Å². The number of anilines is 1. The minimum atomic E-state index is 0.731. The molecular formula is C11H10N2S. The number of nitriles is 1. The molecule has 0 fully saturated rings. The molecule has 0 aliphatic heterocycles. The second kappa shape index (κ2) is 3.32. The molecule has 0 amide bonds. The topological polar surface area (TPSA) is 49.8 Å². The van der Waals surface area contributed by atoms with Crippen molar-refractivity contribution in [3.05, 3.63) is 28.6 Å². The van der Waals surface area contributed by atoms with E-state index in [9.17, 15) is 0 Å². The summed E-state index contributed by atoms with van der Waals surface area (Å²) in [5.74, 6) is 0. The molecule has 2 nitrogen and oxygen atoms in total. The van der Waals surface area contributed by atoms with Crippen LogP contribution >= 0.6 is 11.3 Å². The normalized spacial score (nSPS) is 10.3. The van der Waals surface area contributed by atoms with Crippen molar-refractivity contribution in [3.8, 4) is 6.07 Å². The van der Waals surface area contributed by atoms with E-state index in [1.807, 2.05) is 24.4 Å². The fraction of sp³-hybridized carbons (Fsp3) is 0.182. The molecule has 2 rings (SSSR count). The fourth-order valence-corrected chi connectivity index (χ4v) is 2.57. The lowest BCUT2D eigenvalue weighted by molar-refractivity contribution is 1.14.